The van der Waals surface area contributed by atoms with Crippen LogP contribution in [0.25, 0.3) is 0 Å². The highest BCUT2D eigenvalue weighted by Gasteiger charge is 2.60. The summed E-state index contributed by atoms with van der Waals surface area (Å²) >= 11 is 5.91. The van der Waals surface area contributed by atoms with Gasteiger partial charge in [-0.05, 0) is 45.4 Å². The SMILES string of the molecule is CC1(C)O[C@H]2[C@@H](O1)[C@@H](COCc1ccc(Cl)cc1)O[C@@H]1OC(C)(C)O[C@@H]12. The highest BCUT2D eigenvalue weighted by atomic mass is 35.5. The van der Waals surface area contributed by atoms with Crippen molar-refractivity contribution in [1.82, 2.24) is 0 Å². The molecule has 3 fully saturated rings. The van der Waals surface area contributed by atoms with E-state index in [1.54, 1.807) is 0 Å². The normalized spacial score (nSPS) is 37.3. The minimum atomic E-state index is -0.713. The van der Waals surface area contributed by atoms with Gasteiger partial charge in [0, 0.05) is 5.02 Å². The van der Waals surface area contributed by atoms with Gasteiger partial charge in [0.25, 0.3) is 0 Å². The molecule has 7 heteroatoms. The third-order valence-corrected chi connectivity index (χ3v) is 4.97. The first-order chi connectivity index (χ1) is 12.2. The summed E-state index contributed by atoms with van der Waals surface area (Å²) in [4.78, 5) is 0. The maximum atomic E-state index is 6.11. The Kier molecular flexibility index (Phi) is 4.80. The summed E-state index contributed by atoms with van der Waals surface area (Å²) in [5.41, 5.74) is 1.05. The highest BCUT2D eigenvalue weighted by Crippen LogP contribution is 2.44. The van der Waals surface area contributed by atoms with E-state index in [9.17, 15) is 0 Å². The maximum Gasteiger partial charge on any atom is 0.190 e. The molecule has 0 radical (unpaired) electrons. The molecule has 6 nitrogen and oxygen atoms in total. The van der Waals surface area contributed by atoms with Crippen molar-refractivity contribution < 1.29 is 28.4 Å². The van der Waals surface area contributed by atoms with Gasteiger partial charge in [0.2, 0.25) is 0 Å². The Morgan fingerprint density at radius 3 is 2.23 bits per heavy atom. The van der Waals surface area contributed by atoms with Crippen LogP contribution in [0, 0.1) is 0 Å². The van der Waals surface area contributed by atoms with Crippen LogP contribution in [0.5, 0.6) is 0 Å². The second-order valence-corrected chi connectivity index (χ2v) is 8.29. The molecule has 3 aliphatic heterocycles. The lowest BCUT2D eigenvalue weighted by Gasteiger charge is -2.37. The molecule has 1 aromatic carbocycles. The van der Waals surface area contributed by atoms with Crippen LogP contribution >= 0.6 is 11.6 Å². The summed E-state index contributed by atoms with van der Waals surface area (Å²) in [5.74, 6) is -1.41. The van der Waals surface area contributed by atoms with E-state index >= 15 is 0 Å². The molecule has 3 saturated heterocycles. The first kappa shape index (κ1) is 18.6. The highest BCUT2D eigenvalue weighted by molar-refractivity contribution is 6.30. The third kappa shape index (κ3) is 3.78. The molecule has 0 amide bonds. The van der Waals surface area contributed by atoms with Crippen molar-refractivity contribution in [2.45, 2.75) is 76.6 Å². The van der Waals surface area contributed by atoms with Crippen molar-refractivity contribution >= 4 is 11.6 Å². The molecule has 0 bridgehead atoms. The first-order valence-corrected chi connectivity index (χ1v) is 9.29. The Bertz CT molecular complexity index is 646. The average Bonchev–Trinajstić information content (AvgIpc) is 3.03. The second-order valence-electron chi connectivity index (χ2n) is 7.85. The van der Waals surface area contributed by atoms with Crippen molar-refractivity contribution in [3.8, 4) is 0 Å². The number of benzene rings is 1. The quantitative estimate of drug-likeness (QED) is 0.794. The Morgan fingerprint density at radius 2 is 1.50 bits per heavy atom. The smallest absolute Gasteiger partial charge is 0.190 e. The molecule has 4 rings (SSSR count). The van der Waals surface area contributed by atoms with Gasteiger partial charge in [-0.15, -0.1) is 0 Å². The van der Waals surface area contributed by atoms with E-state index in [4.69, 9.17) is 40.0 Å². The summed E-state index contributed by atoms with van der Waals surface area (Å²) < 4.78 is 36.0. The monoisotopic (exact) mass is 384 g/mol. The molecule has 144 valence electrons. The van der Waals surface area contributed by atoms with Crippen molar-refractivity contribution in [3.05, 3.63) is 34.9 Å². The zero-order chi connectivity index (χ0) is 18.5. The number of hydrogen-bond acceptors (Lipinski definition) is 6. The average molecular weight is 385 g/mol. The van der Waals surface area contributed by atoms with E-state index in [-0.39, 0.29) is 24.4 Å². The zero-order valence-electron chi connectivity index (χ0n) is 15.4. The van der Waals surface area contributed by atoms with Crippen LogP contribution in [-0.4, -0.2) is 48.9 Å². The summed E-state index contributed by atoms with van der Waals surface area (Å²) in [7, 11) is 0. The predicted molar refractivity (Wildman–Crippen MR) is 93.6 cm³/mol. The lowest BCUT2D eigenvalue weighted by Crippen LogP contribution is -2.56. The van der Waals surface area contributed by atoms with Gasteiger partial charge in [-0.25, -0.2) is 0 Å². The number of halogens is 1. The predicted octanol–water partition coefficient (Wildman–Crippen LogP) is 3.25. The molecule has 0 N–H and O–H groups in total. The fourth-order valence-electron chi connectivity index (χ4n) is 3.70. The van der Waals surface area contributed by atoms with Crippen LogP contribution in [0.15, 0.2) is 24.3 Å². The van der Waals surface area contributed by atoms with E-state index in [1.807, 2.05) is 52.0 Å². The van der Waals surface area contributed by atoms with Gasteiger partial charge in [-0.3, -0.25) is 0 Å². The van der Waals surface area contributed by atoms with Crippen LogP contribution in [-0.2, 0) is 35.0 Å². The molecule has 0 aromatic heterocycles. The minimum Gasteiger partial charge on any atom is -0.374 e. The van der Waals surface area contributed by atoms with Crippen molar-refractivity contribution in [2.24, 2.45) is 0 Å². The van der Waals surface area contributed by atoms with Crippen LogP contribution in [0.4, 0.5) is 0 Å². The van der Waals surface area contributed by atoms with Crippen molar-refractivity contribution in [3.63, 3.8) is 0 Å². The maximum absolute atomic E-state index is 6.11. The molecule has 26 heavy (non-hydrogen) atoms. The third-order valence-electron chi connectivity index (χ3n) is 4.71. The van der Waals surface area contributed by atoms with Crippen LogP contribution in [0.2, 0.25) is 5.02 Å². The molecule has 1 aromatic rings. The van der Waals surface area contributed by atoms with Gasteiger partial charge in [-0.2, -0.15) is 0 Å². The molecule has 0 aliphatic carbocycles. The van der Waals surface area contributed by atoms with Crippen molar-refractivity contribution in [2.75, 3.05) is 6.61 Å². The van der Waals surface area contributed by atoms with Gasteiger partial charge in [0.05, 0.1) is 13.2 Å². The standard InChI is InChI=1S/C19H25ClO6/c1-18(2)23-14-13(10-21-9-11-5-7-12(20)8-6-11)22-17-16(15(14)24-18)25-19(3,4)26-17/h5-8,13-17H,9-10H2,1-4H3/t13-,14+,15+,16-,17-/m1/s1. The number of rotatable bonds is 4. The Hall–Kier alpha value is -0.730. The van der Waals surface area contributed by atoms with Crippen molar-refractivity contribution in [1.29, 1.82) is 0 Å². The molecule has 0 saturated carbocycles. The summed E-state index contributed by atoms with van der Waals surface area (Å²) in [5, 5.41) is 0.706. The zero-order valence-corrected chi connectivity index (χ0v) is 16.2. The molecule has 3 heterocycles. The molecular weight excluding hydrogens is 360 g/mol. The second kappa shape index (κ2) is 6.71. The number of ether oxygens (including phenoxy) is 6. The molecule has 3 aliphatic rings. The molecule has 0 spiro atoms. The fourth-order valence-corrected chi connectivity index (χ4v) is 3.83. The van der Waals surface area contributed by atoms with Gasteiger partial charge in [0.15, 0.2) is 17.9 Å². The number of fused-ring (bicyclic) bond motifs is 3. The Labute approximate surface area is 158 Å². The van der Waals surface area contributed by atoms with Gasteiger partial charge < -0.3 is 28.4 Å². The Balaban J connectivity index is 1.43. The molecular formula is C19H25ClO6. The topological polar surface area (TPSA) is 55.4 Å². The summed E-state index contributed by atoms with van der Waals surface area (Å²) in [6.07, 6.45) is -1.63. The summed E-state index contributed by atoms with van der Waals surface area (Å²) in [6.45, 7) is 8.37. The van der Waals surface area contributed by atoms with Crippen LogP contribution in [0.1, 0.15) is 33.3 Å². The lowest BCUT2D eigenvalue weighted by atomic mass is 9.99. The van der Waals surface area contributed by atoms with Gasteiger partial charge >= 0.3 is 0 Å². The van der Waals surface area contributed by atoms with E-state index in [2.05, 4.69) is 0 Å². The molecule has 5 atom stereocenters. The van der Waals surface area contributed by atoms with Gasteiger partial charge in [-0.1, -0.05) is 23.7 Å². The van der Waals surface area contributed by atoms with E-state index in [1.165, 1.54) is 0 Å². The first-order valence-electron chi connectivity index (χ1n) is 8.91. The van der Waals surface area contributed by atoms with Gasteiger partial charge in [0.1, 0.15) is 24.4 Å². The fraction of sp³-hybridized carbons (Fsp3) is 0.684. The summed E-state index contributed by atoms with van der Waals surface area (Å²) in [6, 6.07) is 7.58. The largest absolute Gasteiger partial charge is 0.374 e. The molecule has 0 unspecified atom stereocenters. The number of hydrogen-bond donors (Lipinski definition) is 0. The Morgan fingerprint density at radius 1 is 0.885 bits per heavy atom. The minimum absolute atomic E-state index is 0.255. The van der Waals surface area contributed by atoms with Crippen LogP contribution in [0.3, 0.4) is 0 Å². The van der Waals surface area contributed by atoms with E-state index in [0.29, 0.717) is 18.2 Å². The van der Waals surface area contributed by atoms with Crippen LogP contribution < -0.4 is 0 Å². The van der Waals surface area contributed by atoms with E-state index < -0.39 is 17.9 Å². The van der Waals surface area contributed by atoms with E-state index in [0.717, 1.165) is 5.56 Å². The lowest BCUT2D eigenvalue weighted by molar-refractivity contribution is -0.243.